The van der Waals surface area contributed by atoms with Gasteiger partial charge in [-0.15, -0.1) is 0 Å². The molecule has 1 aliphatic carbocycles. The molecule has 2 aromatic heterocycles. The molecule has 0 unspecified atom stereocenters. The van der Waals surface area contributed by atoms with Crippen LogP contribution in [0.15, 0.2) is 24.7 Å². The molecule has 7 heteroatoms. The molecular weight excluding hydrogens is 318 g/mol. The van der Waals surface area contributed by atoms with Gasteiger partial charge in [-0.3, -0.25) is 14.2 Å². The Bertz CT molecular complexity index is 746. The fourth-order valence-electron chi connectivity index (χ4n) is 4.22. The van der Waals surface area contributed by atoms with Crippen LogP contribution in [0, 0.1) is 5.92 Å². The summed E-state index contributed by atoms with van der Waals surface area (Å²) in [4.78, 5) is 14.7. The summed E-state index contributed by atoms with van der Waals surface area (Å²) >= 11 is 0. The Morgan fingerprint density at radius 2 is 2.12 bits per heavy atom. The highest BCUT2D eigenvalue weighted by Gasteiger charge is 2.37. The zero-order valence-electron chi connectivity index (χ0n) is 14.6. The van der Waals surface area contributed by atoms with Crippen LogP contribution in [0.3, 0.4) is 0 Å². The van der Waals surface area contributed by atoms with Crippen molar-refractivity contribution in [2.24, 2.45) is 13.0 Å². The molecule has 4 rings (SSSR count). The van der Waals surface area contributed by atoms with Gasteiger partial charge in [-0.1, -0.05) is 12.8 Å². The summed E-state index contributed by atoms with van der Waals surface area (Å²) in [6.45, 7) is 1.23. The van der Waals surface area contributed by atoms with E-state index in [0.29, 0.717) is 24.8 Å². The Labute approximate surface area is 147 Å². The van der Waals surface area contributed by atoms with Crippen LogP contribution in [-0.2, 0) is 7.05 Å². The number of hydrogen-bond acceptors (Lipinski definition) is 4. The monoisotopic (exact) mass is 343 g/mol. The highest BCUT2D eigenvalue weighted by atomic mass is 16.3. The summed E-state index contributed by atoms with van der Waals surface area (Å²) in [5.41, 5.74) is 1.59. The number of amides is 1. The lowest BCUT2D eigenvalue weighted by molar-refractivity contribution is 0.0774. The summed E-state index contributed by atoms with van der Waals surface area (Å²) in [7, 11) is 1.88. The van der Waals surface area contributed by atoms with Crippen LogP contribution in [0.1, 0.15) is 53.7 Å². The second-order valence-electron chi connectivity index (χ2n) is 7.33. The van der Waals surface area contributed by atoms with E-state index in [2.05, 4.69) is 10.2 Å². The normalized spacial score (nSPS) is 24.3. The predicted molar refractivity (Wildman–Crippen MR) is 92.2 cm³/mol. The maximum Gasteiger partial charge on any atom is 0.274 e. The molecule has 0 bridgehead atoms. The van der Waals surface area contributed by atoms with Crippen molar-refractivity contribution in [2.75, 3.05) is 19.7 Å². The van der Waals surface area contributed by atoms with Gasteiger partial charge in [0.2, 0.25) is 0 Å². The van der Waals surface area contributed by atoms with Crippen molar-refractivity contribution in [3.63, 3.8) is 0 Å². The van der Waals surface area contributed by atoms with Crippen LogP contribution < -0.4 is 0 Å². The van der Waals surface area contributed by atoms with E-state index >= 15 is 0 Å². The Morgan fingerprint density at radius 1 is 1.32 bits per heavy atom. The first kappa shape index (κ1) is 16.3. The highest BCUT2D eigenvalue weighted by molar-refractivity contribution is 5.92. The van der Waals surface area contributed by atoms with Crippen molar-refractivity contribution in [3.8, 4) is 0 Å². The third kappa shape index (κ3) is 3.08. The SMILES string of the molecule is Cn1cc([C@@H]2CN(C(=O)c3ccn(C4CCCC4)n3)C[C@H]2CO)cn1. The lowest BCUT2D eigenvalue weighted by atomic mass is 9.92. The average Bonchev–Trinajstić information content (AvgIpc) is 3.37. The molecule has 2 aliphatic rings. The first-order valence-electron chi connectivity index (χ1n) is 9.09. The Morgan fingerprint density at radius 3 is 2.80 bits per heavy atom. The lowest BCUT2D eigenvalue weighted by Crippen LogP contribution is -2.29. The van der Waals surface area contributed by atoms with Gasteiger partial charge in [0.15, 0.2) is 0 Å². The first-order chi connectivity index (χ1) is 12.2. The molecule has 1 amide bonds. The second-order valence-corrected chi connectivity index (χ2v) is 7.33. The molecule has 3 heterocycles. The molecule has 2 aromatic rings. The predicted octanol–water partition coefficient (Wildman–Crippen LogP) is 1.58. The summed E-state index contributed by atoms with van der Waals surface area (Å²) in [6.07, 6.45) is 10.5. The van der Waals surface area contributed by atoms with E-state index in [0.717, 1.165) is 18.4 Å². The number of carbonyl (C=O) groups excluding carboxylic acids is 1. The van der Waals surface area contributed by atoms with Gasteiger partial charge >= 0.3 is 0 Å². The lowest BCUT2D eigenvalue weighted by Gasteiger charge is -2.15. The number of nitrogens with zero attached hydrogens (tertiary/aromatic N) is 5. The largest absolute Gasteiger partial charge is 0.396 e. The molecular formula is C18H25N5O2. The Hall–Kier alpha value is -2.15. The fraction of sp³-hybridized carbons (Fsp3) is 0.611. The van der Waals surface area contributed by atoms with Gasteiger partial charge in [-0.05, 0) is 24.5 Å². The number of aliphatic hydroxyl groups excluding tert-OH is 1. The zero-order chi connectivity index (χ0) is 17.4. The van der Waals surface area contributed by atoms with Gasteiger partial charge in [0.25, 0.3) is 5.91 Å². The molecule has 1 N–H and O–H groups in total. The van der Waals surface area contributed by atoms with E-state index in [1.807, 2.05) is 41.3 Å². The third-order valence-electron chi connectivity index (χ3n) is 5.64. The average molecular weight is 343 g/mol. The number of likely N-dealkylation sites (tertiary alicyclic amines) is 1. The van der Waals surface area contributed by atoms with Gasteiger partial charge < -0.3 is 10.0 Å². The van der Waals surface area contributed by atoms with E-state index in [1.165, 1.54) is 12.8 Å². The minimum Gasteiger partial charge on any atom is -0.396 e. The zero-order valence-corrected chi connectivity index (χ0v) is 14.6. The van der Waals surface area contributed by atoms with Crippen molar-refractivity contribution >= 4 is 5.91 Å². The number of aryl methyl sites for hydroxylation is 1. The highest BCUT2D eigenvalue weighted by Crippen LogP contribution is 2.33. The molecule has 2 fully saturated rings. The van der Waals surface area contributed by atoms with Crippen LogP contribution in [0.25, 0.3) is 0 Å². The van der Waals surface area contributed by atoms with Gasteiger partial charge in [0.05, 0.1) is 12.2 Å². The smallest absolute Gasteiger partial charge is 0.274 e. The summed E-state index contributed by atoms with van der Waals surface area (Å²) in [5.74, 6) is 0.131. The van der Waals surface area contributed by atoms with Crippen molar-refractivity contribution in [1.82, 2.24) is 24.5 Å². The van der Waals surface area contributed by atoms with Crippen LogP contribution in [0.2, 0.25) is 0 Å². The maximum absolute atomic E-state index is 12.9. The second kappa shape index (κ2) is 6.63. The minimum absolute atomic E-state index is 0.0402. The molecule has 2 atom stereocenters. The van der Waals surface area contributed by atoms with Crippen LogP contribution in [-0.4, -0.2) is 55.2 Å². The van der Waals surface area contributed by atoms with Crippen molar-refractivity contribution < 1.29 is 9.90 Å². The molecule has 0 radical (unpaired) electrons. The van der Waals surface area contributed by atoms with E-state index in [-0.39, 0.29) is 24.3 Å². The molecule has 7 nitrogen and oxygen atoms in total. The van der Waals surface area contributed by atoms with E-state index in [4.69, 9.17) is 0 Å². The van der Waals surface area contributed by atoms with Crippen molar-refractivity contribution in [2.45, 2.75) is 37.6 Å². The minimum atomic E-state index is -0.0402. The van der Waals surface area contributed by atoms with Crippen LogP contribution >= 0.6 is 0 Å². The third-order valence-corrected chi connectivity index (χ3v) is 5.64. The molecule has 1 saturated carbocycles. The van der Waals surface area contributed by atoms with Gasteiger partial charge in [-0.2, -0.15) is 10.2 Å². The number of aromatic nitrogens is 4. The first-order valence-corrected chi connectivity index (χ1v) is 9.09. The van der Waals surface area contributed by atoms with E-state index in [9.17, 15) is 9.90 Å². The quantitative estimate of drug-likeness (QED) is 0.914. The van der Waals surface area contributed by atoms with Crippen molar-refractivity contribution in [1.29, 1.82) is 0 Å². The standard InChI is InChI=1S/C18H25N5O2/c1-21-9-13(8-19-21)16-11-22(10-14(16)12-24)18(25)17-6-7-23(20-17)15-4-2-3-5-15/h6-9,14-16,24H,2-5,10-12H2,1H3/t14-,16-/m0/s1. The van der Waals surface area contributed by atoms with Crippen LogP contribution in [0.5, 0.6) is 0 Å². The van der Waals surface area contributed by atoms with Crippen LogP contribution in [0.4, 0.5) is 0 Å². The van der Waals surface area contributed by atoms with E-state index < -0.39 is 0 Å². The van der Waals surface area contributed by atoms with Gasteiger partial charge in [0.1, 0.15) is 5.69 Å². The summed E-state index contributed by atoms with van der Waals surface area (Å²) in [5, 5.41) is 18.5. The molecule has 0 aromatic carbocycles. The number of hydrogen-bond donors (Lipinski definition) is 1. The summed E-state index contributed by atoms with van der Waals surface area (Å²) < 4.78 is 3.72. The number of carbonyl (C=O) groups is 1. The number of aliphatic hydroxyl groups is 1. The maximum atomic E-state index is 12.9. The molecule has 1 saturated heterocycles. The Balaban J connectivity index is 1.49. The summed E-state index contributed by atoms with van der Waals surface area (Å²) in [6, 6.07) is 2.26. The topological polar surface area (TPSA) is 76.2 Å². The molecule has 0 spiro atoms. The van der Waals surface area contributed by atoms with E-state index in [1.54, 1.807) is 4.68 Å². The van der Waals surface area contributed by atoms with Gasteiger partial charge in [-0.25, -0.2) is 0 Å². The molecule has 1 aliphatic heterocycles. The molecule has 134 valence electrons. The Kier molecular flexibility index (Phi) is 4.33. The molecule has 25 heavy (non-hydrogen) atoms. The van der Waals surface area contributed by atoms with Gasteiger partial charge in [0, 0.05) is 51.0 Å². The van der Waals surface area contributed by atoms with Crippen molar-refractivity contribution in [3.05, 3.63) is 35.9 Å². The fourth-order valence-corrected chi connectivity index (χ4v) is 4.22. The number of rotatable bonds is 4.